The summed E-state index contributed by atoms with van der Waals surface area (Å²) in [6, 6.07) is 11.8. The average Bonchev–Trinajstić information content (AvgIpc) is 3.40. The SMILES string of the molecule is Cn1cnc(-c2ccc(C(=O)N(Cc3ccncc3)C3CC3)cc2)n1. The Morgan fingerprint density at radius 3 is 2.48 bits per heavy atom. The third kappa shape index (κ3) is 3.42. The molecule has 1 aromatic carbocycles. The number of benzene rings is 1. The molecule has 126 valence electrons. The molecule has 1 aliphatic carbocycles. The highest BCUT2D eigenvalue weighted by atomic mass is 16.2. The van der Waals surface area contributed by atoms with E-state index in [-0.39, 0.29) is 5.91 Å². The lowest BCUT2D eigenvalue weighted by molar-refractivity contribution is 0.0730. The third-order valence-corrected chi connectivity index (χ3v) is 4.34. The Kier molecular flexibility index (Phi) is 4.01. The van der Waals surface area contributed by atoms with E-state index in [9.17, 15) is 4.79 Å². The first kappa shape index (κ1) is 15.5. The van der Waals surface area contributed by atoms with E-state index in [2.05, 4.69) is 15.1 Å². The Bertz CT molecular complexity index is 868. The van der Waals surface area contributed by atoms with Crippen molar-refractivity contribution in [1.29, 1.82) is 0 Å². The summed E-state index contributed by atoms with van der Waals surface area (Å²) in [5, 5.41) is 4.29. The smallest absolute Gasteiger partial charge is 0.254 e. The minimum atomic E-state index is 0.0693. The number of hydrogen-bond acceptors (Lipinski definition) is 4. The lowest BCUT2D eigenvalue weighted by Crippen LogP contribution is -2.32. The molecule has 0 atom stereocenters. The predicted octanol–water partition coefficient (Wildman–Crippen LogP) is 2.68. The quantitative estimate of drug-likeness (QED) is 0.720. The summed E-state index contributed by atoms with van der Waals surface area (Å²) in [5.74, 6) is 0.733. The van der Waals surface area contributed by atoms with Gasteiger partial charge in [0.05, 0.1) is 0 Å². The zero-order valence-electron chi connectivity index (χ0n) is 14.0. The van der Waals surface area contributed by atoms with Crippen molar-refractivity contribution in [2.45, 2.75) is 25.4 Å². The van der Waals surface area contributed by atoms with Crippen LogP contribution in [0.4, 0.5) is 0 Å². The zero-order chi connectivity index (χ0) is 17.2. The minimum absolute atomic E-state index is 0.0693. The molecular weight excluding hydrogens is 314 g/mol. The van der Waals surface area contributed by atoms with Gasteiger partial charge in [-0.2, -0.15) is 5.10 Å². The first-order valence-electron chi connectivity index (χ1n) is 8.36. The summed E-state index contributed by atoms with van der Waals surface area (Å²) in [6.07, 6.45) is 7.34. The van der Waals surface area contributed by atoms with Gasteiger partial charge in [-0.15, -0.1) is 0 Å². The number of amides is 1. The molecule has 0 bridgehead atoms. The van der Waals surface area contributed by atoms with Gasteiger partial charge >= 0.3 is 0 Å². The van der Waals surface area contributed by atoms with Crippen LogP contribution in [0.3, 0.4) is 0 Å². The van der Waals surface area contributed by atoms with Crippen LogP contribution in [0.25, 0.3) is 11.4 Å². The monoisotopic (exact) mass is 333 g/mol. The van der Waals surface area contributed by atoms with Crippen molar-refractivity contribution in [2.24, 2.45) is 7.05 Å². The van der Waals surface area contributed by atoms with Crippen LogP contribution < -0.4 is 0 Å². The molecule has 0 radical (unpaired) electrons. The fourth-order valence-electron chi connectivity index (χ4n) is 2.84. The molecule has 6 nitrogen and oxygen atoms in total. The number of aromatic nitrogens is 4. The van der Waals surface area contributed by atoms with Crippen LogP contribution in [0.1, 0.15) is 28.8 Å². The van der Waals surface area contributed by atoms with E-state index in [1.165, 1.54) is 0 Å². The second-order valence-corrected chi connectivity index (χ2v) is 6.34. The van der Waals surface area contributed by atoms with E-state index in [0.29, 0.717) is 24.0 Å². The summed E-state index contributed by atoms with van der Waals surface area (Å²) >= 11 is 0. The molecule has 0 unspecified atom stereocenters. The molecule has 25 heavy (non-hydrogen) atoms. The number of carbonyl (C=O) groups excluding carboxylic acids is 1. The molecule has 1 fully saturated rings. The molecule has 1 amide bonds. The van der Waals surface area contributed by atoms with Gasteiger partial charge in [0.25, 0.3) is 5.91 Å². The van der Waals surface area contributed by atoms with Crippen molar-refractivity contribution in [3.63, 3.8) is 0 Å². The van der Waals surface area contributed by atoms with E-state index in [4.69, 9.17) is 0 Å². The van der Waals surface area contributed by atoms with Crippen molar-refractivity contribution in [2.75, 3.05) is 0 Å². The minimum Gasteiger partial charge on any atom is -0.331 e. The molecule has 0 spiro atoms. The summed E-state index contributed by atoms with van der Waals surface area (Å²) in [5.41, 5.74) is 2.70. The molecule has 4 rings (SSSR count). The van der Waals surface area contributed by atoms with Crippen LogP contribution >= 0.6 is 0 Å². The fraction of sp³-hybridized carbons (Fsp3) is 0.263. The highest BCUT2D eigenvalue weighted by Crippen LogP contribution is 2.30. The van der Waals surface area contributed by atoms with Crippen LogP contribution in [0.2, 0.25) is 0 Å². The zero-order valence-corrected chi connectivity index (χ0v) is 14.0. The van der Waals surface area contributed by atoms with Gasteiger partial charge in [0.1, 0.15) is 6.33 Å². The number of carbonyl (C=O) groups is 1. The third-order valence-electron chi connectivity index (χ3n) is 4.34. The van der Waals surface area contributed by atoms with Gasteiger partial charge in [0.2, 0.25) is 0 Å². The Morgan fingerprint density at radius 1 is 1.16 bits per heavy atom. The summed E-state index contributed by atoms with van der Waals surface area (Å²) in [4.78, 5) is 23.2. The highest BCUT2D eigenvalue weighted by molar-refractivity contribution is 5.95. The first-order chi connectivity index (χ1) is 12.2. The van der Waals surface area contributed by atoms with E-state index in [1.54, 1.807) is 23.4 Å². The topological polar surface area (TPSA) is 63.9 Å². The molecule has 0 saturated heterocycles. The van der Waals surface area contributed by atoms with E-state index in [1.807, 2.05) is 48.3 Å². The number of hydrogen-bond donors (Lipinski definition) is 0. The van der Waals surface area contributed by atoms with Gasteiger partial charge in [-0.3, -0.25) is 14.5 Å². The number of aryl methyl sites for hydroxylation is 1. The Hall–Kier alpha value is -3.02. The molecule has 0 aliphatic heterocycles. The second-order valence-electron chi connectivity index (χ2n) is 6.34. The normalized spacial score (nSPS) is 13.6. The maximum absolute atomic E-state index is 13.0. The molecule has 2 heterocycles. The van der Waals surface area contributed by atoms with Crippen molar-refractivity contribution >= 4 is 5.91 Å². The van der Waals surface area contributed by atoms with Crippen LogP contribution in [0.5, 0.6) is 0 Å². The highest BCUT2D eigenvalue weighted by Gasteiger charge is 2.33. The van der Waals surface area contributed by atoms with Gasteiger partial charge in [-0.05, 0) is 42.7 Å². The average molecular weight is 333 g/mol. The Balaban J connectivity index is 1.54. The van der Waals surface area contributed by atoms with E-state index >= 15 is 0 Å². The van der Waals surface area contributed by atoms with Crippen molar-refractivity contribution in [1.82, 2.24) is 24.6 Å². The Morgan fingerprint density at radius 2 is 1.88 bits per heavy atom. The summed E-state index contributed by atoms with van der Waals surface area (Å²) < 4.78 is 1.66. The molecule has 2 aromatic heterocycles. The molecule has 6 heteroatoms. The maximum atomic E-state index is 13.0. The summed E-state index contributed by atoms with van der Waals surface area (Å²) in [7, 11) is 1.83. The number of pyridine rings is 1. The van der Waals surface area contributed by atoms with Gasteiger partial charge in [-0.1, -0.05) is 12.1 Å². The standard InChI is InChI=1S/C19H19N5O/c1-23-13-21-18(22-23)15-2-4-16(5-3-15)19(25)24(17-6-7-17)12-14-8-10-20-11-9-14/h2-5,8-11,13,17H,6-7,12H2,1H3. The fourth-order valence-corrected chi connectivity index (χ4v) is 2.84. The summed E-state index contributed by atoms with van der Waals surface area (Å²) in [6.45, 7) is 0.621. The van der Waals surface area contributed by atoms with E-state index < -0.39 is 0 Å². The van der Waals surface area contributed by atoms with Crippen molar-refractivity contribution < 1.29 is 4.79 Å². The Labute approximate surface area is 146 Å². The maximum Gasteiger partial charge on any atom is 0.254 e. The molecule has 1 aliphatic rings. The predicted molar refractivity (Wildman–Crippen MR) is 93.6 cm³/mol. The van der Waals surface area contributed by atoms with E-state index in [0.717, 1.165) is 24.0 Å². The molecular formula is C19H19N5O. The van der Waals surface area contributed by atoms with Crippen molar-refractivity contribution in [3.05, 3.63) is 66.2 Å². The molecule has 3 aromatic rings. The first-order valence-corrected chi connectivity index (χ1v) is 8.36. The lowest BCUT2D eigenvalue weighted by atomic mass is 10.1. The number of rotatable bonds is 5. The number of nitrogens with zero attached hydrogens (tertiary/aromatic N) is 5. The van der Waals surface area contributed by atoms with Crippen LogP contribution in [0, 0.1) is 0 Å². The largest absolute Gasteiger partial charge is 0.331 e. The molecule has 1 saturated carbocycles. The van der Waals surface area contributed by atoms with Crippen LogP contribution in [-0.2, 0) is 13.6 Å². The van der Waals surface area contributed by atoms with Gasteiger partial charge in [0, 0.05) is 43.2 Å². The van der Waals surface area contributed by atoms with Crippen molar-refractivity contribution in [3.8, 4) is 11.4 Å². The van der Waals surface area contributed by atoms with Gasteiger partial charge in [0.15, 0.2) is 5.82 Å². The molecule has 0 N–H and O–H groups in total. The van der Waals surface area contributed by atoms with Gasteiger partial charge in [-0.25, -0.2) is 4.98 Å². The van der Waals surface area contributed by atoms with Crippen LogP contribution in [-0.4, -0.2) is 36.6 Å². The second kappa shape index (κ2) is 6.47. The lowest BCUT2D eigenvalue weighted by Gasteiger charge is -2.22. The van der Waals surface area contributed by atoms with Crippen LogP contribution in [0.15, 0.2) is 55.1 Å². The van der Waals surface area contributed by atoms with Gasteiger partial charge < -0.3 is 4.90 Å².